The number of carboxylic acid groups (broad SMARTS) is 1. The molecule has 1 rings (SSSR count). The lowest BCUT2D eigenvalue weighted by atomic mass is 10.0. The minimum Gasteiger partial charge on any atom is -0.478 e. The number of carboxylic acids is 1. The van der Waals surface area contributed by atoms with Crippen LogP contribution in [0.3, 0.4) is 0 Å². The maximum absolute atomic E-state index is 12.0. The molecule has 0 saturated carbocycles. The third-order valence-corrected chi connectivity index (χ3v) is 3.05. The standard InChI is InChI=1S/C16H22N2O3/c1-3-11-18(12-4-2)16(21)17-10-9-13-7-5-6-8-14(13)15(19)20/h3,5-8H,1,4,9-12H2,2H3,(H,17,21)(H,19,20). The average molecular weight is 290 g/mol. The van der Waals surface area contributed by atoms with Crippen molar-refractivity contribution in [1.29, 1.82) is 0 Å². The number of hydrogen-bond donors (Lipinski definition) is 2. The fourth-order valence-corrected chi connectivity index (χ4v) is 2.06. The van der Waals surface area contributed by atoms with E-state index in [0.717, 1.165) is 12.0 Å². The van der Waals surface area contributed by atoms with Crippen LogP contribution in [0.4, 0.5) is 4.79 Å². The van der Waals surface area contributed by atoms with E-state index in [4.69, 9.17) is 5.11 Å². The summed E-state index contributed by atoms with van der Waals surface area (Å²) in [7, 11) is 0. The average Bonchev–Trinajstić information content (AvgIpc) is 2.47. The zero-order valence-electron chi connectivity index (χ0n) is 12.3. The van der Waals surface area contributed by atoms with Crippen LogP contribution in [-0.4, -0.2) is 41.6 Å². The molecule has 0 fully saturated rings. The molecule has 0 aliphatic carbocycles. The van der Waals surface area contributed by atoms with Crippen LogP contribution in [0.5, 0.6) is 0 Å². The van der Waals surface area contributed by atoms with Gasteiger partial charge in [0.05, 0.1) is 5.56 Å². The van der Waals surface area contributed by atoms with Gasteiger partial charge in [0.15, 0.2) is 0 Å². The Hall–Kier alpha value is -2.30. The second kappa shape index (κ2) is 8.79. The molecule has 5 heteroatoms. The molecule has 0 radical (unpaired) electrons. The molecule has 0 unspecified atom stereocenters. The van der Waals surface area contributed by atoms with Crippen LogP contribution in [0.15, 0.2) is 36.9 Å². The number of nitrogens with zero attached hydrogens (tertiary/aromatic N) is 1. The van der Waals surface area contributed by atoms with Gasteiger partial charge < -0.3 is 15.3 Å². The van der Waals surface area contributed by atoms with Gasteiger partial charge in [-0.1, -0.05) is 31.2 Å². The number of nitrogens with one attached hydrogen (secondary N) is 1. The van der Waals surface area contributed by atoms with Gasteiger partial charge in [0.2, 0.25) is 0 Å². The van der Waals surface area contributed by atoms with Crippen molar-refractivity contribution in [1.82, 2.24) is 10.2 Å². The van der Waals surface area contributed by atoms with Crippen molar-refractivity contribution in [2.45, 2.75) is 19.8 Å². The number of hydrogen-bond acceptors (Lipinski definition) is 2. The van der Waals surface area contributed by atoms with Crippen LogP contribution in [0, 0.1) is 0 Å². The first-order valence-corrected chi connectivity index (χ1v) is 7.05. The molecular weight excluding hydrogens is 268 g/mol. The van der Waals surface area contributed by atoms with Crippen molar-refractivity contribution >= 4 is 12.0 Å². The van der Waals surface area contributed by atoms with Crippen molar-refractivity contribution < 1.29 is 14.7 Å². The van der Waals surface area contributed by atoms with E-state index in [2.05, 4.69) is 11.9 Å². The van der Waals surface area contributed by atoms with Crippen LogP contribution < -0.4 is 5.32 Å². The SMILES string of the molecule is C=CCN(CCC)C(=O)NCCc1ccccc1C(=O)O. The second-order valence-corrected chi connectivity index (χ2v) is 4.68. The number of carbonyl (C=O) groups excluding carboxylic acids is 1. The van der Waals surface area contributed by atoms with Crippen LogP contribution >= 0.6 is 0 Å². The lowest BCUT2D eigenvalue weighted by Gasteiger charge is -2.21. The van der Waals surface area contributed by atoms with E-state index in [0.29, 0.717) is 26.1 Å². The van der Waals surface area contributed by atoms with E-state index in [1.54, 1.807) is 35.2 Å². The molecule has 2 N–H and O–H groups in total. The Morgan fingerprint density at radius 1 is 1.38 bits per heavy atom. The Kier molecular flexibility index (Phi) is 7.01. The number of amides is 2. The van der Waals surface area contributed by atoms with Gasteiger partial charge in [-0.15, -0.1) is 6.58 Å². The maximum Gasteiger partial charge on any atom is 0.335 e. The Morgan fingerprint density at radius 3 is 2.71 bits per heavy atom. The van der Waals surface area contributed by atoms with Gasteiger partial charge in [-0.05, 0) is 24.5 Å². The Morgan fingerprint density at radius 2 is 2.10 bits per heavy atom. The number of aromatic carboxylic acids is 1. The third-order valence-electron chi connectivity index (χ3n) is 3.05. The highest BCUT2D eigenvalue weighted by molar-refractivity contribution is 5.89. The summed E-state index contributed by atoms with van der Waals surface area (Å²) in [5.41, 5.74) is 0.999. The molecule has 2 amide bonds. The quantitative estimate of drug-likeness (QED) is 0.723. The van der Waals surface area contributed by atoms with Crippen LogP contribution in [-0.2, 0) is 6.42 Å². The molecular formula is C16H22N2O3. The first-order chi connectivity index (χ1) is 10.1. The summed E-state index contributed by atoms with van der Waals surface area (Å²) in [6.07, 6.45) is 3.06. The summed E-state index contributed by atoms with van der Waals surface area (Å²) in [6.45, 7) is 7.22. The summed E-state index contributed by atoms with van der Waals surface area (Å²) in [6, 6.07) is 6.68. The van der Waals surface area contributed by atoms with Gasteiger partial charge >= 0.3 is 12.0 Å². The number of benzene rings is 1. The lowest BCUT2D eigenvalue weighted by Crippen LogP contribution is -2.41. The molecule has 21 heavy (non-hydrogen) atoms. The normalized spacial score (nSPS) is 9.95. The molecule has 5 nitrogen and oxygen atoms in total. The van der Waals surface area contributed by atoms with Gasteiger partial charge in [0.25, 0.3) is 0 Å². The minimum atomic E-state index is -0.948. The molecule has 0 aromatic heterocycles. The molecule has 0 spiro atoms. The van der Waals surface area contributed by atoms with Gasteiger partial charge in [0, 0.05) is 19.6 Å². The number of carbonyl (C=O) groups is 2. The van der Waals surface area contributed by atoms with Crippen LogP contribution in [0.2, 0.25) is 0 Å². The fourth-order valence-electron chi connectivity index (χ4n) is 2.06. The molecule has 0 atom stereocenters. The van der Waals surface area contributed by atoms with Gasteiger partial charge in [-0.3, -0.25) is 0 Å². The smallest absolute Gasteiger partial charge is 0.335 e. The first-order valence-electron chi connectivity index (χ1n) is 7.05. The Balaban J connectivity index is 2.54. The fraction of sp³-hybridized carbons (Fsp3) is 0.375. The second-order valence-electron chi connectivity index (χ2n) is 4.68. The van der Waals surface area contributed by atoms with E-state index in [1.165, 1.54) is 0 Å². The minimum absolute atomic E-state index is 0.149. The predicted octanol–water partition coefficient (Wildman–Crippen LogP) is 2.53. The van der Waals surface area contributed by atoms with Gasteiger partial charge in [-0.2, -0.15) is 0 Å². The predicted molar refractivity (Wildman–Crippen MR) is 82.6 cm³/mol. The molecule has 114 valence electrons. The van der Waals surface area contributed by atoms with Crippen LogP contribution in [0.25, 0.3) is 0 Å². The summed E-state index contributed by atoms with van der Waals surface area (Å²) < 4.78 is 0. The van der Waals surface area contributed by atoms with E-state index < -0.39 is 5.97 Å². The summed E-state index contributed by atoms with van der Waals surface area (Å²) >= 11 is 0. The maximum atomic E-state index is 12.0. The zero-order valence-corrected chi connectivity index (χ0v) is 12.3. The van der Waals surface area contributed by atoms with Crippen molar-refractivity contribution in [3.8, 4) is 0 Å². The van der Waals surface area contributed by atoms with Crippen molar-refractivity contribution in [3.05, 3.63) is 48.0 Å². The van der Waals surface area contributed by atoms with Gasteiger partial charge in [-0.25, -0.2) is 9.59 Å². The highest BCUT2D eigenvalue weighted by Crippen LogP contribution is 2.09. The number of urea groups is 1. The molecule has 0 bridgehead atoms. The molecule has 0 heterocycles. The van der Waals surface area contributed by atoms with E-state index >= 15 is 0 Å². The monoisotopic (exact) mass is 290 g/mol. The van der Waals surface area contributed by atoms with Gasteiger partial charge in [0.1, 0.15) is 0 Å². The van der Waals surface area contributed by atoms with E-state index in [9.17, 15) is 9.59 Å². The largest absolute Gasteiger partial charge is 0.478 e. The highest BCUT2D eigenvalue weighted by Gasteiger charge is 2.12. The van der Waals surface area contributed by atoms with Crippen molar-refractivity contribution in [3.63, 3.8) is 0 Å². The number of rotatable bonds is 8. The molecule has 0 aliphatic heterocycles. The highest BCUT2D eigenvalue weighted by atomic mass is 16.4. The summed E-state index contributed by atoms with van der Waals surface area (Å²) in [5, 5.41) is 11.9. The van der Waals surface area contributed by atoms with Crippen molar-refractivity contribution in [2.75, 3.05) is 19.6 Å². The molecule has 1 aromatic carbocycles. The van der Waals surface area contributed by atoms with E-state index in [1.807, 2.05) is 6.92 Å². The summed E-state index contributed by atoms with van der Waals surface area (Å²) in [4.78, 5) is 24.8. The molecule has 0 aliphatic rings. The molecule has 0 saturated heterocycles. The van der Waals surface area contributed by atoms with Crippen LogP contribution in [0.1, 0.15) is 29.3 Å². The lowest BCUT2D eigenvalue weighted by molar-refractivity contribution is 0.0695. The van der Waals surface area contributed by atoms with Crippen molar-refractivity contribution in [2.24, 2.45) is 0 Å². The topological polar surface area (TPSA) is 69.6 Å². The zero-order chi connectivity index (χ0) is 15.7. The Labute approximate surface area is 125 Å². The molecule has 1 aromatic rings. The first kappa shape index (κ1) is 16.8. The van der Waals surface area contributed by atoms with E-state index in [-0.39, 0.29) is 11.6 Å². The third kappa shape index (κ3) is 5.30. The summed E-state index contributed by atoms with van der Waals surface area (Å²) in [5.74, 6) is -0.948. The Bertz CT molecular complexity index is 500.